The topological polar surface area (TPSA) is 54.4 Å². The summed E-state index contributed by atoms with van der Waals surface area (Å²) in [5, 5.41) is 8.40. The number of hydrogen-bond acceptors (Lipinski definition) is 2. The Bertz CT molecular complexity index is 392. The number of rotatable bonds is 3. The molecule has 1 N–H and O–H groups in total. The van der Waals surface area contributed by atoms with Gasteiger partial charge in [0.05, 0.1) is 0 Å². The van der Waals surface area contributed by atoms with E-state index in [9.17, 15) is 9.59 Å². The molecule has 0 aliphatic heterocycles. The number of carboxylic acids is 1. The van der Waals surface area contributed by atoms with Gasteiger partial charge in [-0.25, -0.2) is 4.79 Å². The van der Waals surface area contributed by atoms with E-state index in [1.165, 1.54) is 6.08 Å². The van der Waals surface area contributed by atoms with E-state index in [4.69, 9.17) is 5.11 Å². The van der Waals surface area contributed by atoms with Crippen LogP contribution >= 0.6 is 0 Å². The quantitative estimate of drug-likeness (QED) is 0.585. The molecule has 0 unspecified atom stereocenters. The molecule has 0 aliphatic rings. The summed E-state index contributed by atoms with van der Waals surface area (Å²) < 4.78 is 0. The number of carbonyl (C=O) groups is 2. The summed E-state index contributed by atoms with van der Waals surface area (Å²) in [7, 11) is 0. The van der Waals surface area contributed by atoms with Gasteiger partial charge in [-0.05, 0) is 24.1 Å². The van der Waals surface area contributed by atoms with Crippen molar-refractivity contribution in [1.82, 2.24) is 0 Å². The largest absolute Gasteiger partial charge is 0.478 e. The van der Waals surface area contributed by atoms with Gasteiger partial charge in [0.25, 0.3) is 0 Å². The van der Waals surface area contributed by atoms with Crippen molar-refractivity contribution >= 4 is 18.3 Å². The smallest absolute Gasteiger partial charge is 0.328 e. The molecule has 0 aliphatic carbocycles. The fourth-order valence-corrected chi connectivity index (χ4v) is 1.10. The summed E-state index contributed by atoms with van der Waals surface area (Å²) in [6.07, 6.45) is 3.33. The minimum Gasteiger partial charge on any atom is -0.478 e. The van der Waals surface area contributed by atoms with Crippen LogP contribution in [0.15, 0.2) is 24.3 Å². The molecule has 1 rings (SSSR count). The molecule has 0 radical (unpaired) electrons. The average Bonchev–Trinajstić information content (AvgIpc) is 2.15. The third kappa shape index (κ3) is 2.55. The first-order valence-corrected chi connectivity index (χ1v) is 4.10. The first kappa shape index (κ1) is 10.2. The van der Waals surface area contributed by atoms with Crippen molar-refractivity contribution in [2.45, 2.75) is 6.92 Å². The van der Waals surface area contributed by atoms with Crippen molar-refractivity contribution in [1.29, 1.82) is 0 Å². The van der Waals surface area contributed by atoms with Crippen LogP contribution in [0.1, 0.15) is 21.5 Å². The zero-order chi connectivity index (χ0) is 10.6. The van der Waals surface area contributed by atoms with Gasteiger partial charge in [-0.3, -0.25) is 4.79 Å². The highest BCUT2D eigenvalue weighted by Gasteiger charge is 1.96. The SMILES string of the molecule is Cc1cc(C=CC(=O)O)ccc1C=O. The van der Waals surface area contributed by atoms with Gasteiger partial charge in [-0.2, -0.15) is 0 Å². The van der Waals surface area contributed by atoms with E-state index in [1.54, 1.807) is 18.2 Å². The maximum absolute atomic E-state index is 10.5. The molecule has 1 aromatic rings. The van der Waals surface area contributed by atoms with Gasteiger partial charge in [-0.15, -0.1) is 0 Å². The molecule has 0 aromatic heterocycles. The molecule has 3 nitrogen and oxygen atoms in total. The van der Waals surface area contributed by atoms with Crippen LogP contribution < -0.4 is 0 Å². The van der Waals surface area contributed by atoms with Crippen molar-refractivity contribution in [3.05, 3.63) is 41.0 Å². The third-order valence-electron chi connectivity index (χ3n) is 1.84. The highest BCUT2D eigenvalue weighted by atomic mass is 16.4. The molecular formula is C11H10O3. The number of hydrogen-bond donors (Lipinski definition) is 1. The normalized spacial score (nSPS) is 10.4. The predicted molar refractivity (Wildman–Crippen MR) is 53.2 cm³/mol. The molecule has 14 heavy (non-hydrogen) atoms. The predicted octanol–water partition coefficient (Wildman–Crippen LogP) is 1.91. The Balaban J connectivity index is 2.97. The van der Waals surface area contributed by atoms with Gasteiger partial charge < -0.3 is 5.11 Å². The van der Waals surface area contributed by atoms with Crippen molar-refractivity contribution in [3.63, 3.8) is 0 Å². The van der Waals surface area contributed by atoms with Gasteiger partial charge in [0.2, 0.25) is 0 Å². The molecule has 0 bridgehead atoms. The van der Waals surface area contributed by atoms with Gasteiger partial charge >= 0.3 is 5.97 Å². The number of aldehydes is 1. The first-order chi connectivity index (χ1) is 6.63. The fraction of sp³-hybridized carbons (Fsp3) is 0.0909. The van der Waals surface area contributed by atoms with Crippen molar-refractivity contribution in [2.24, 2.45) is 0 Å². The van der Waals surface area contributed by atoms with Crippen LogP contribution in [0.5, 0.6) is 0 Å². The van der Waals surface area contributed by atoms with Gasteiger partial charge in [0.15, 0.2) is 0 Å². The minimum absolute atomic E-state index is 0.623. The van der Waals surface area contributed by atoms with E-state index >= 15 is 0 Å². The molecule has 0 saturated heterocycles. The van der Waals surface area contributed by atoms with Crippen molar-refractivity contribution in [3.8, 4) is 0 Å². The lowest BCUT2D eigenvalue weighted by Gasteiger charge is -1.99. The molecular weight excluding hydrogens is 180 g/mol. The van der Waals surface area contributed by atoms with E-state index in [0.717, 1.165) is 23.5 Å². The molecule has 3 heteroatoms. The molecule has 0 spiro atoms. The van der Waals surface area contributed by atoms with Crippen LogP contribution in [0.3, 0.4) is 0 Å². The maximum Gasteiger partial charge on any atom is 0.328 e. The molecule has 0 saturated carbocycles. The van der Waals surface area contributed by atoms with E-state index < -0.39 is 5.97 Å². The molecule has 0 amide bonds. The van der Waals surface area contributed by atoms with Crippen LogP contribution in [0, 0.1) is 6.92 Å². The second kappa shape index (κ2) is 4.37. The zero-order valence-electron chi connectivity index (χ0n) is 7.73. The van der Waals surface area contributed by atoms with Gasteiger partial charge in [0, 0.05) is 11.6 Å². The van der Waals surface area contributed by atoms with Crippen LogP contribution in [0.25, 0.3) is 6.08 Å². The van der Waals surface area contributed by atoms with Crippen molar-refractivity contribution < 1.29 is 14.7 Å². The monoisotopic (exact) mass is 190 g/mol. The second-order valence-corrected chi connectivity index (χ2v) is 2.91. The highest BCUT2D eigenvalue weighted by Crippen LogP contribution is 2.10. The Morgan fingerprint density at radius 3 is 2.64 bits per heavy atom. The molecule has 72 valence electrons. The summed E-state index contributed by atoms with van der Waals surface area (Å²) >= 11 is 0. The van der Waals surface area contributed by atoms with E-state index in [2.05, 4.69) is 0 Å². The highest BCUT2D eigenvalue weighted by molar-refractivity contribution is 5.85. The van der Waals surface area contributed by atoms with Gasteiger partial charge in [-0.1, -0.05) is 18.2 Å². The Morgan fingerprint density at radius 2 is 2.14 bits per heavy atom. The van der Waals surface area contributed by atoms with E-state index in [0.29, 0.717) is 5.56 Å². The number of carboxylic acid groups (broad SMARTS) is 1. The summed E-state index contributed by atoms with van der Waals surface area (Å²) in [6, 6.07) is 5.14. The number of carbonyl (C=O) groups excluding carboxylic acids is 1. The summed E-state index contributed by atoms with van der Waals surface area (Å²) in [5.41, 5.74) is 2.24. The Kier molecular flexibility index (Phi) is 3.18. The number of aliphatic carboxylic acids is 1. The fourth-order valence-electron chi connectivity index (χ4n) is 1.10. The molecule has 1 aromatic carbocycles. The molecule has 0 fully saturated rings. The number of aryl methyl sites for hydroxylation is 1. The third-order valence-corrected chi connectivity index (χ3v) is 1.84. The lowest BCUT2D eigenvalue weighted by Crippen LogP contribution is -1.88. The van der Waals surface area contributed by atoms with Crippen LogP contribution in [0.4, 0.5) is 0 Å². The number of benzene rings is 1. The van der Waals surface area contributed by atoms with E-state index in [1.807, 2.05) is 6.92 Å². The maximum atomic E-state index is 10.5. The van der Waals surface area contributed by atoms with Crippen molar-refractivity contribution in [2.75, 3.05) is 0 Å². The standard InChI is InChI=1S/C11H10O3/c1-8-6-9(3-5-11(13)14)2-4-10(8)7-12/h2-7H,1H3,(H,13,14). The minimum atomic E-state index is -0.984. The van der Waals surface area contributed by atoms with Gasteiger partial charge in [0.1, 0.15) is 6.29 Å². The van der Waals surface area contributed by atoms with E-state index in [-0.39, 0.29) is 0 Å². The summed E-state index contributed by atoms with van der Waals surface area (Å²) in [5.74, 6) is -0.984. The van der Waals surface area contributed by atoms with Crippen LogP contribution in [-0.2, 0) is 4.79 Å². The Morgan fingerprint density at radius 1 is 1.43 bits per heavy atom. The first-order valence-electron chi connectivity index (χ1n) is 4.10. The summed E-state index contributed by atoms with van der Waals surface area (Å²) in [4.78, 5) is 20.7. The second-order valence-electron chi connectivity index (χ2n) is 2.91. The van der Waals surface area contributed by atoms with Crippen LogP contribution in [0.2, 0.25) is 0 Å². The molecule has 0 heterocycles. The van der Waals surface area contributed by atoms with Crippen LogP contribution in [-0.4, -0.2) is 17.4 Å². The Labute approximate surface area is 81.7 Å². The lowest BCUT2D eigenvalue weighted by atomic mass is 10.1. The lowest BCUT2D eigenvalue weighted by molar-refractivity contribution is -0.131. The zero-order valence-corrected chi connectivity index (χ0v) is 7.73. The summed E-state index contributed by atoms with van der Waals surface area (Å²) in [6.45, 7) is 1.81. The Hall–Kier alpha value is -1.90. The average molecular weight is 190 g/mol. The molecule has 0 atom stereocenters.